The van der Waals surface area contributed by atoms with Crippen LogP contribution in [0.5, 0.6) is 0 Å². The maximum Gasteiger partial charge on any atom is 0.335 e. The van der Waals surface area contributed by atoms with Gasteiger partial charge in [-0.1, -0.05) is 57.9 Å². The van der Waals surface area contributed by atoms with Gasteiger partial charge in [-0.25, -0.2) is 4.79 Å². The predicted octanol–water partition coefficient (Wildman–Crippen LogP) is 5.59. The van der Waals surface area contributed by atoms with Gasteiger partial charge in [-0.2, -0.15) is 0 Å². The van der Waals surface area contributed by atoms with Crippen LogP contribution in [0.15, 0.2) is 47.5 Å². The Hall–Kier alpha value is -2.95. The Morgan fingerprint density at radius 2 is 1.72 bits per heavy atom. The summed E-state index contributed by atoms with van der Waals surface area (Å²) in [5.74, 6) is 0.284. The van der Waals surface area contributed by atoms with Crippen LogP contribution in [0.1, 0.15) is 74.5 Å². The Balaban J connectivity index is 2.00. The smallest absolute Gasteiger partial charge is 0.335 e. The van der Waals surface area contributed by atoms with Crippen molar-refractivity contribution in [2.75, 3.05) is 11.4 Å². The number of amides is 1. The number of hydrogen-bond donors (Lipinski definition) is 1. The van der Waals surface area contributed by atoms with Gasteiger partial charge in [0.2, 0.25) is 5.91 Å². The van der Waals surface area contributed by atoms with Gasteiger partial charge in [-0.3, -0.25) is 9.79 Å². The number of anilines is 1. The first kappa shape index (κ1) is 23.7. The van der Waals surface area contributed by atoms with E-state index in [1.165, 1.54) is 18.4 Å². The summed E-state index contributed by atoms with van der Waals surface area (Å²) in [7, 11) is 0. The summed E-state index contributed by atoms with van der Waals surface area (Å²) >= 11 is 0. The second-order valence-corrected chi connectivity index (χ2v) is 9.54. The van der Waals surface area contributed by atoms with Crippen molar-refractivity contribution >= 4 is 23.3 Å². The van der Waals surface area contributed by atoms with Gasteiger partial charge in [0.15, 0.2) is 0 Å². The number of aromatic carboxylic acids is 1. The molecule has 170 valence electrons. The molecule has 5 nitrogen and oxygen atoms in total. The molecule has 1 unspecified atom stereocenters. The molecule has 0 saturated carbocycles. The van der Waals surface area contributed by atoms with E-state index in [1.54, 1.807) is 24.3 Å². The average Bonchev–Trinajstić information content (AvgIpc) is 2.88. The Morgan fingerprint density at radius 3 is 2.31 bits per heavy atom. The third-order valence-electron chi connectivity index (χ3n) is 5.96. The van der Waals surface area contributed by atoms with E-state index in [4.69, 9.17) is 0 Å². The number of rotatable bonds is 8. The van der Waals surface area contributed by atoms with Crippen molar-refractivity contribution in [3.63, 3.8) is 0 Å². The van der Waals surface area contributed by atoms with E-state index < -0.39 is 5.97 Å². The molecule has 0 bridgehead atoms. The molecule has 0 radical (unpaired) electrons. The summed E-state index contributed by atoms with van der Waals surface area (Å²) in [6, 6.07) is 13.1. The lowest BCUT2D eigenvalue weighted by molar-refractivity contribution is -0.117. The molecule has 5 heteroatoms. The van der Waals surface area contributed by atoms with Gasteiger partial charge in [-0.05, 0) is 55.9 Å². The molecule has 0 spiro atoms. The number of nitrogens with zero attached hydrogens (tertiary/aromatic N) is 2. The van der Waals surface area contributed by atoms with Crippen LogP contribution in [0.4, 0.5) is 5.69 Å². The molecule has 0 fully saturated rings. The van der Waals surface area contributed by atoms with E-state index in [0.717, 1.165) is 28.9 Å². The van der Waals surface area contributed by atoms with E-state index >= 15 is 0 Å². The molecule has 0 saturated heterocycles. The number of carboxylic acid groups (broad SMARTS) is 1. The van der Waals surface area contributed by atoms with Crippen LogP contribution in [0, 0.1) is 11.8 Å². The van der Waals surface area contributed by atoms with E-state index in [0.29, 0.717) is 11.8 Å². The molecule has 0 aromatic heterocycles. The second-order valence-electron chi connectivity index (χ2n) is 9.54. The number of benzene rings is 2. The summed E-state index contributed by atoms with van der Waals surface area (Å²) in [6.45, 7) is 10.9. The highest BCUT2D eigenvalue weighted by molar-refractivity contribution is 6.19. The predicted molar refractivity (Wildman–Crippen MR) is 130 cm³/mol. The topological polar surface area (TPSA) is 70.0 Å². The highest BCUT2D eigenvalue weighted by atomic mass is 16.4. The van der Waals surface area contributed by atoms with E-state index in [9.17, 15) is 14.7 Å². The van der Waals surface area contributed by atoms with Crippen molar-refractivity contribution in [3.05, 3.63) is 64.7 Å². The molecule has 1 heterocycles. The van der Waals surface area contributed by atoms with Crippen LogP contribution in [-0.4, -0.2) is 35.3 Å². The molecule has 1 aliphatic rings. The maximum atomic E-state index is 13.0. The number of carboxylic acids is 1. The number of carbonyl (C=O) groups excluding carboxylic acids is 1. The highest BCUT2D eigenvalue weighted by Crippen LogP contribution is 2.31. The van der Waals surface area contributed by atoms with Crippen LogP contribution in [0.3, 0.4) is 0 Å². The number of benzodiazepines with no additional fused rings is 1. The maximum absolute atomic E-state index is 13.0. The van der Waals surface area contributed by atoms with Gasteiger partial charge < -0.3 is 10.0 Å². The zero-order valence-electron chi connectivity index (χ0n) is 19.8. The van der Waals surface area contributed by atoms with Crippen LogP contribution in [-0.2, 0) is 11.2 Å². The minimum atomic E-state index is -0.961. The number of hydrogen-bond acceptors (Lipinski definition) is 3. The summed E-state index contributed by atoms with van der Waals surface area (Å²) < 4.78 is 0. The van der Waals surface area contributed by atoms with Gasteiger partial charge >= 0.3 is 5.97 Å². The summed E-state index contributed by atoms with van der Waals surface area (Å²) in [6.07, 6.45) is 3.37. The molecule has 2 aromatic carbocycles. The van der Waals surface area contributed by atoms with Crippen molar-refractivity contribution < 1.29 is 14.7 Å². The average molecular weight is 435 g/mol. The van der Waals surface area contributed by atoms with Crippen LogP contribution in [0.2, 0.25) is 0 Å². The molecule has 1 aliphatic heterocycles. The quantitative estimate of drug-likeness (QED) is 0.589. The van der Waals surface area contributed by atoms with Gasteiger partial charge in [0.25, 0.3) is 0 Å². The van der Waals surface area contributed by atoms with Gasteiger partial charge in [0.1, 0.15) is 6.54 Å². The second kappa shape index (κ2) is 10.1. The Morgan fingerprint density at radius 1 is 1.03 bits per heavy atom. The molecule has 1 N–H and O–H groups in total. The monoisotopic (exact) mass is 434 g/mol. The lowest BCUT2D eigenvalue weighted by Gasteiger charge is -2.28. The van der Waals surface area contributed by atoms with E-state index in [2.05, 4.69) is 44.0 Å². The first-order valence-corrected chi connectivity index (χ1v) is 11.5. The third-order valence-corrected chi connectivity index (χ3v) is 5.96. The van der Waals surface area contributed by atoms with Crippen molar-refractivity contribution in [3.8, 4) is 0 Å². The zero-order valence-corrected chi connectivity index (χ0v) is 19.8. The Labute approximate surface area is 191 Å². The fourth-order valence-electron chi connectivity index (χ4n) is 4.25. The molecule has 1 amide bonds. The minimum absolute atomic E-state index is 0.0128. The number of fused-ring (bicyclic) bond motifs is 1. The molecule has 1 atom stereocenters. The van der Waals surface area contributed by atoms with Crippen molar-refractivity contribution in [2.45, 2.75) is 59.9 Å². The molecule has 0 aliphatic carbocycles. The number of carbonyl (C=O) groups is 2. The minimum Gasteiger partial charge on any atom is -0.478 e. The lowest BCUT2D eigenvalue weighted by atomic mass is 9.91. The fraction of sp³-hybridized carbons (Fsp3) is 0.444. The molecular weight excluding hydrogens is 400 g/mol. The van der Waals surface area contributed by atoms with Crippen LogP contribution < -0.4 is 4.90 Å². The molecular formula is C27H34N2O3. The van der Waals surface area contributed by atoms with Crippen molar-refractivity contribution in [1.29, 1.82) is 0 Å². The van der Waals surface area contributed by atoms with Gasteiger partial charge in [-0.15, -0.1) is 0 Å². The summed E-state index contributed by atoms with van der Waals surface area (Å²) in [5, 5.41) is 9.21. The van der Waals surface area contributed by atoms with E-state index in [1.807, 2.05) is 18.7 Å². The number of aliphatic imine (C=N–C) groups is 1. The first-order chi connectivity index (χ1) is 15.2. The van der Waals surface area contributed by atoms with Crippen molar-refractivity contribution in [1.82, 2.24) is 0 Å². The summed E-state index contributed by atoms with van der Waals surface area (Å²) in [4.78, 5) is 30.7. The molecule has 2 aromatic rings. The SMILES string of the molecule is CC(C)CCC(C)Cc1ccc2c(c1)N(C(C)C)C(=O)CN=C2c1ccc(C(=O)O)cc1. The van der Waals surface area contributed by atoms with Gasteiger partial charge in [0.05, 0.1) is 17.0 Å². The first-order valence-electron chi connectivity index (χ1n) is 11.5. The summed E-state index contributed by atoms with van der Waals surface area (Å²) in [5.41, 5.74) is 4.79. The van der Waals surface area contributed by atoms with Gasteiger partial charge in [0, 0.05) is 17.2 Å². The van der Waals surface area contributed by atoms with Crippen molar-refractivity contribution in [2.24, 2.45) is 16.8 Å². The standard InChI is InChI=1S/C27H34N2O3/c1-17(2)6-7-19(5)14-20-8-13-23-24(15-20)29(18(3)4)25(30)16-28-26(23)21-9-11-22(12-10-21)27(31)32/h8-13,15,17-19H,6-7,14,16H2,1-5H3,(H,31,32). The third kappa shape index (κ3) is 5.45. The molecule has 32 heavy (non-hydrogen) atoms. The highest BCUT2D eigenvalue weighted by Gasteiger charge is 2.27. The Kier molecular flexibility index (Phi) is 7.49. The lowest BCUT2D eigenvalue weighted by Crippen LogP contribution is -2.38. The van der Waals surface area contributed by atoms with E-state index in [-0.39, 0.29) is 24.1 Å². The Bertz CT molecular complexity index is 1010. The van der Waals surface area contributed by atoms with Crippen LogP contribution >= 0.6 is 0 Å². The largest absolute Gasteiger partial charge is 0.478 e. The fourth-order valence-corrected chi connectivity index (χ4v) is 4.25. The normalized spacial score (nSPS) is 14.9. The van der Waals surface area contributed by atoms with Crippen LogP contribution in [0.25, 0.3) is 0 Å². The zero-order chi connectivity index (χ0) is 23.4. The molecule has 3 rings (SSSR count).